The van der Waals surface area contributed by atoms with Crippen molar-refractivity contribution in [1.82, 2.24) is 0 Å². The first kappa shape index (κ1) is 14.7. The third-order valence-electron chi connectivity index (χ3n) is 3.27. The highest BCUT2D eigenvalue weighted by Gasteiger charge is 2.06. The fourth-order valence-electron chi connectivity index (χ4n) is 2.03. The van der Waals surface area contributed by atoms with Crippen molar-refractivity contribution in [1.29, 1.82) is 0 Å². The first-order chi connectivity index (χ1) is 9.63. The van der Waals surface area contributed by atoms with Crippen LogP contribution in [0.2, 0.25) is 5.02 Å². The summed E-state index contributed by atoms with van der Waals surface area (Å²) in [4.78, 5) is 2.14. The van der Waals surface area contributed by atoms with E-state index in [4.69, 9.17) is 22.1 Å². The Kier molecular flexibility index (Phi) is 4.88. The lowest BCUT2D eigenvalue weighted by atomic mass is 10.1. The van der Waals surface area contributed by atoms with Crippen LogP contribution in [0.5, 0.6) is 5.75 Å². The van der Waals surface area contributed by atoms with Crippen LogP contribution >= 0.6 is 11.6 Å². The summed E-state index contributed by atoms with van der Waals surface area (Å²) in [6.07, 6.45) is 0. The number of nitrogens with two attached hydrogens (primary N) is 1. The molecule has 0 aliphatic rings. The second-order valence-electron chi connectivity index (χ2n) is 4.68. The van der Waals surface area contributed by atoms with Gasteiger partial charge in [-0.05, 0) is 41.5 Å². The summed E-state index contributed by atoms with van der Waals surface area (Å²) in [6, 6.07) is 13.9. The van der Waals surface area contributed by atoms with Crippen LogP contribution in [-0.2, 0) is 13.1 Å². The van der Waals surface area contributed by atoms with Crippen molar-refractivity contribution in [3.63, 3.8) is 0 Å². The minimum atomic E-state index is 0.508. The van der Waals surface area contributed by atoms with Gasteiger partial charge in [-0.25, -0.2) is 0 Å². The zero-order valence-corrected chi connectivity index (χ0v) is 12.5. The van der Waals surface area contributed by atoms with Gasteiger partial charge in [-0.15, -0.1) is 0 Å². The summed E-state index contributed by atoms with van der Waals surface area (Å²) in [5.74, 6) is 0.854. The maximum absolute atomic E-state index is 6.29. The molecule has 0 bridgehead atoms. The van der Waals surface area contributed by atoms with Crippen molar-refractivity contribution in [3.05, 3.63) is 58.6 Å². The zero-order chi connectivity index (χ0) is 14.5. The molecule has 0 aliphatic carbocycles. The predicted octanol–water partition coefficient (Wildman–Crippen LogP) is 3.44. The fourth-order valence-corrected chi connectivity index (χ4v) is 2.29. The number of ether oxygens (including phenoxy) is 1. The Balaban J connectivity index is 2.12. The lowest BCUT2D eigenvalue weighted by Gasteiger charge is -2.20. The van der Waals surface area contributed by atoms with Gasteiger partial charge in [0.05, 0.1) is 7.11 Å². The Morgan fingerprint density at radius 1 is 1.15 bits per heavy atom. The molecule has 0 radical (unpaired) electrons. The monoisotopic (exact) mass is 290 g/mol. The van der Waals surface area contributed by atoms with E-state index in [1.807, 2.05) is 49.5 Å². The van der Waals surface area contributed by atoms with Gasteiger partial charge in [0, 0.05) is 30.8 Å². The van der Waals surface area contributed by atoms with Crippen molar-refractivity contribution in [2.75, 3.05) is 19.1 Å². The smallest absolute Gasteiger partial charge is 0.119 e. The molecule has 2 aromatic carbocycles. The highest BCUT2D eigenvalue weighted by Crippen LogP contribution is 2.23. The van der Waals surface area contributed by atoms with Crippen LogP contribution in [0.4, 0.5) is 5.69 Å². The molecule has 0 heterocycles. The fraction of sp³-hybridized carbons (Fsp3) is 0.250. The minimum Gasteiger partial charge on any atom is -0.497 e. The highest BCUT2D eigenvalue weighted by molar-refractivity contribution is 6.31. The highest BCUT2D eigenvalue weighted by atomic mass is 35.5. The number of anilines is 1. The maximum Gasteiger partial charge on any atom is 0.119 e. The Morgan fingerprint density at radius 2 is 1.85 bits per heavy atom. The third kappa shape index (κ3) is 3.44. The Hall–Kier alpha value is -1.71. The van der Waals surface area contributed by atoms with Crippen LogP contribution in [0, 0.1) is 0 Å². The number of nitrogens with zero attached hydrogens (tertiary/aromatic N) is 1. The number of methoxy groups -OCH3 is 1. The largest absolute Gasteiger partial charge is 0.497 e. The van der Waals surface area contributed by atoms with Gasteiger partial charge in [0.1, 0.15) is 5.75 Å². The number of rotatable bonds is 5. The van der Waals surface area contributed by atoms with E-state index in [-0.39, 0.29) is 0 Å². The van der Waals surface area contributed by atoms with Crippen LogP contribution < -0.4 is 15.4 Å². The minimum absolute atomic E-state index is 0.508. The van der Waals surface area contributed by atoms with Crippen molar-refractivity contribution < 1.29 is 4.74 Å². The number of benzene rings is 2. The Morgan fingerprint density at radius 3 is 2.40 bits per heavy atom. The quantitative estimate of drug-likeness (QED) is 0.917. The van der Waals surface area contributed by atoms with Crippen LogP contribution in [0.3, 0.4) is 0 Å². The Labute approximate surface area is 124 Å². The van der Waals surface area contributed by atoms with Crippen LogP contribution in [0.15, 0.2) is 42.5 Å². The lowest BCUT2D eigenvalue weighted by molar-refractivity contribution is 0.415. The van der Waals surface area contributed by atoms with E-state index >= 15 is 0 Å². The van der Waals surface area contributed by atoms with E-state index in [0.717, 1.165) is 34.1 Å². The van der Waals surface area contributed by atoms with Crippen LogP contribution in [0.1, 0.15) is 11.1 Å². The molecule has 0 unspecified atom stereocenters. The summed E-state index contributed by atoms with van der Waals surface area (Å²) in [6.45, 7) is 1.25. The number of hydrogen-bond donors (Lipinski definition) is 1. The van der Waals surface area contributed by atoms with Crippen molar-refractivity contribution >= 4 is 17.3 Å². The van der Waals surface area contributed by atoms with Crippen molar-refractivity contribution in [2.24, 2.45) is 5.73 Å². The molecular weight excluding hydrogens is 272 g/mol. The van der Waals surface area contributed by atoms with Crippen LogP contribution in [0.25, 0.3) is 0 Å². The molecule has 0 amide bonds. The molecule has 2 aromatic rings. The van der Waals surface area contributed by atoms with E-state index in [1.165, 1.54) is 0 Å². The molecule has 0 aromatic heterocycles. The summed E-state index contributed by atoms with van der Waals surface area (Å²) < 4.78 is 5.16. The molecule has 0 atom stereocenters. The lowest BCUT2D eigenvalue weighted by Crippen LogP contribution is -2.16. The maximum atomic E-state index is 6.29. The molecule has 20 heavy (non-hydrogen) atoms. The van der Waals surface area contributed by atoms with Gasteiger partial charge in [0.25, 0.3) is 0 Å². The zero-order valence-electron chi connectivity index (χ0n) is 11.8. The molecular formula is C16H19ClN2O. The van der Waals surface area contributed by atoms with Gasteiger partial charge in [-0.2, -0.15) is 0 Å². The summed E-state index contributed by atoms with van der Waals surface area (Å²) in [5.41, 5.74) is 8.86. The molecule has 0 spiro atoms. The van der Waals surface area contributed by atoms with Gasteiger partial charge in [0.2, 0.25) is 0 Å². The molecule has 0 aliphatic heterocycles. The first-order valence-corrected chi connectivity index (χ1v) is 6.84. The van der Waals surface area contributed by atoms with Gasteiger partial charge in [-0.1, -0.05) is 23.7 Å². The second kappa shape index (κ2) is 6.64. The van der Waals surface area contributed by atoms with Gasteiger partial charge in [-0.3, -0.25) is 0 Å². The standard InChI is InChI=1S/C16H19ClN2O/c1-19(14-5-7-15(20-2)8-6-14)11-13-4-3-12(10-18)9-16(13)17/h3-9H,10-11,18H2,1-2H3. The molecule has 2 N–H and O–H groups in total. The van der Waals surface area contributed by atoms with E-state index in [9.17, 15) is 0 Å². The molecule has 0 saturated carbocycles. The van der Waals surface area contributed by atoms with Gasteiger partial charge >= 0.3 is 0 Å². The second-order valence-corrected chi connectivity index (χ2v) is 5.09. The van der Waals surface area contributed by atoms with E-state index in [1.54, 1.807) is 7.11 Å². The SMILES string of the molecule is COc1ccc(N(C)Cc2ccc(CN)cc2Cl)cc1. The molecule has 2 rings (SSSR count). The number of halogens is 1. The van der Waals surface area contributed by atoms with Gasteiger partial charge < -0.3 is 15.4 Å². The van der Waals surface area contributed by atoms with E-state index < -0.39 is 0 Å². The summed E-state index contributed by atoms with van der Waals surface area (Å²) in [5, 5.41) is 0.758. The Bertz CT molecular complexity index is 569. The summed E-state index contributed by atoms with van der Waals surface area (Å²) in [7, 11) is 3.70. The van der Waals surface area contributed by atoms with Crippen molar-refractivity contribution in [2.45, 2.75) is 13.1 Å². The predicted molar refractivity (Wildman–Crippen MR) is 84.4 cm³/mol. The molecule has 4 heteroatoms. The molecule has 3 nitrogen and oxygen atoms in total. The first-order valence-electron chi connectivity index (χ1n) is 6.46. The summed E-state index contributed by atoms with van der Waals surface area (Å²) >= 11 is 6.29. The van der Waals surface area contributed by atoms with Gasteiger partial charge in [0.15, 0.2) is 0 Å². The van der Waals surface area contributed by atoms with E-state index in [0.29, 0.717) is 6.54 Å². The molecule has 0 saturated heterocycles. The van der Waals surface area contributed by atoms with Crippen molar-refractivity contribution in [3.8, 4) is 5.75 Å². The molecule has 0 fully saturated rings. The van der Waals surface area contributed by atoms with Crippen LogP contribution in [-0.4, -0.2) is 14.2 Å². The number of hydrogen-bond acceptors (Lipinski definition) is 3. The topological polar surface area (TPSA) is 38.5 Å². The third-order valence-corrected chi connectivity index (χ3v) is 3.63. The van der Waals surface area contributed by atoms with E-state index in [2.05, 4.69) is 4.90 Å². The molecule has 106 valence electrons. The average molecular weight is 291 g/mol. The average Bonchev–Trinajstić information content (AvgIpc) is 2.49. The normalized spacial score (nSPS) is 10.4.